The fourth-order valence-electron chi connectivity index (χ4n) is 1.89. The number of hydrogen-bond acceptors (Lipinski definition) is 3. The normalized spacial score (nSPS) is 12.0. The van der Waals surface area contributed by atoms with Gasteiger partial charge in [0, 0.05) is 0 Å². The lowest BCUT2D eigenvalue weighted by atomic mass is 9.99. The SMILES string of the molecule is COc1c(Cl)ccc(Cl)c1C(=O)C(O)c1ccccc1. The van der Waals surface area contributed by atoms with Gasteiger partial charge in [-0.2, -0.15) is 0 Å². The highest BCUT2D eigenvalue weighted by Gasteiger charge is 2.26. The van der Waals surface area contributed by atoms with Crippen LogP contribution in [0.15, 0.2) is 42.5 Å². The van der Waals surface area contributed by atoms with Crippen LogP contribution in [0.1, 0.15) is 22.0 Å². The molecule has 1 N–H and O–H groups in total. The van der Waals surface area contributed by atoms with E-state index in [1.807, 2.05) is 0 Å². The molecule has 0 aromatic heterocycles. The van der Waals surface area contributed by atoms with E-state index in [0.29, 0.717) is 5.56 Å². The number of ether oxygens (including phenoxy) is 1. The first-order valence-electron chi connectivity index (χ1n) is 5.85. The Labute approximate surface area is 126 Å². The summed E-state index contributed by atoms with van der Waals surface area (Å²) in [6, 6.07) is 11.6. The molecule has 2 aromatic rings. The molecule has 0 amide bonds. The summed E-state index contributed by atoms with van der Waals surface area (Å²) in [5, 5.41) is 10.6. The summed E-state index contributed by atoms with van der Waals surface area (Å²) in [5.74, 6) is -0.389. The van der Waals surface area contributed by atoms with Crippen LogP contribution in [0.5, 0.6) is 5.75 Å². The number of methoxy groups -OCH3 is 1. The van der Waals surface area contributed by atoms with Crippen molar-refractivity contribution in [3.8, 4) is 5.75 Å². The molecule has 5 heteroatoms. The van der Waals surface area contributed by atoms with Crippen molar-refractivity contribution in [3.05, 3.63) is 63.6 Å². The number of halogens is 2. The van der Waals surface area contributed by atoms with E-state index >= 15 is 0 Å². The molecule has 20 heavy (non-hydrogen) atoms. The number of aliphatic hydroxyl groups is 1. The summed E-state index contributed by atoms with van der Waals surface area (Å²) in [4.78, 5) is 12.4. The highest BCUT2D eigenvalue weighted by molar-refractivity contribution is 6.37. The fraction of sp³-hybridized carbons (Fsp3) is 0.133. The molecule has 104 valence electrons. The van der Waals surface area contributed by atoms with Gasteiger partial charge in [-0.1, -0.05) is 53.5 Å². The molecule has 0 radical (unpaired) electrons. The number of benzene rings is 2. The maximum absolute atomic E-state index is 12.4. The van der Waals surface area contributed by atoms with Gasteiger partial charge >= 0.3 is 0 Å². The minimum atomic E-state index is -1.32. The summed E-state index contributed by atoms with van der Waals surface area (Å²) in [5.41, 5.74) is 0.564. The molecule has 1 unspecified atom stereocenters. The number of Topliss-reactive ketones (excluding diaryl/α,β-unsaturated/α-hetero) is 1. The molecule has 0 aliphatic heterocycles. The third-order valence-corrected chi connectivity index (χ3v) is 3.49. The zero-order valence-corrected chi connectivity index (χ0v) is 12.2. The summed E-state index contributed by atoms with van der Waals surface area (Å²) in [6.45, 7) is 0. The number of ketones is 1. The summed E-state index contributed by atoms with van der Waals surface area (Å²) >= 11 is 12.0. The predicted octanol–water partition coefficient (Wildman–Crippen LogP) is 3.92. The van der Waals surface area contributed by atoms with Crippen molar-refractivity contribution in [3.63, 3.8) is 0 Å². The summed E-state index contributed by atoms with van der Waals surface area (Å²) < 4.78 is 5.12. The van der Waals surface area contributed by atoms with Crippen LogP contribution in [-0.2, 0) is 0 Å². The lowest BCUT2D eigenvalue weighted by molar-refractivity contribution is 0.0744. The lowest BCUT2D eigenvalue weighted by Gasteiger charge is -2.15. The molecule has 0 saturated carbocycles. The minimum Gasteiger partial charge on any atom is -0.494 e. The second kappa shape index (κ2) is 6.27. The molecule has 0 aliphatic carbocycles. The quantitative estimate of drug-likeness (QED) is 0.871. The molecule has 0 heterocycles. The van der Waals surface area contributed by atoms with Gasteiger partial charge in [0.25, 0.3) is 0 Å². The molecule has 0 bridgehead atoms. The average molecular weight is 311 g/mol. The van der Waals surface area contributed by atoms with Gasteiger partial charge in [-0.3, -0.25) is 4.79 Å². The second-order valence-corrected chi connectivity index (χ2v) is 4.93. The smallest absolute Gasteiger partial charge is 0.201 e. The van der Waals surface area contributed by atoms with Gasteiger partial charge in [-0.05, 0) is 17.7 Å². The first kappa shape index (κ1) is 14.9. The highest BCUT2D eigenvalue weighted by atomic mass is 35.5. The molecule has 0 fully saturated rings. The number of aliphatic hydroxyl groups excluding tert-OH is 1. The van der Waals surface area contributed by atoms with Crippen LogP contribution in [0.4, 0.5) is 0 Å². The van der Waals surface area contributed by atoms with E-state index < -0.39 is 11.9 Å². The van der Waals surface area contributed by atoms with Crippen LogP contribution in [0.25, 0.3) is 0 Å². The molecule has 1 atom stereocenters. The first-order valence-corrected chi connectivity index (χ1v) is 6.61. The van der Waals surface area contributed by atoms with E-state index in [0.717, 1.165) is 0 Å². The maximum atomic E-state index is 12.4. The second-order valence-electron chi connectivity index (χ2n) is 4.11. The van der Waals surface area contributed by atoms with Gasteiger partial charge in [-0.25, -0.2) is 0 Å². The zero-order chi connectivity index (χ0) is 14.7. The molecule has 0 aliphatic rings. The topological polar surface area (TPSA) is 46.5 Å². The Morgan fingerprint density at radius 1 is 1.10 bits per heavy atom. The monoisotopic (exact) mass is 310 g/mol. The van der Waals surface area contributed by atoms with Crippen LogP contribution >= 0.6 is 23.2 Å². The van der Waals surface area contributed by atoms with E-state index in [4.69, 9.17) is 27.9 Å². The Morgan fingerprint density at radius 2 is 1.70 bits per heavy atom. The Bertz CT molecular complexity index is 627. The van der Waals surface area contributed by atoms with Gasteiger partial charge in [0.05, 0.1) is 22.7 Å². The summed E-state index contributed by atoms with van der Waals surface area (Å²) in [6.07, 6.45) is -1.32. The van der Waals surface area contributed by atoms with E-state index in [9.17, 15) is 9.90 Å². The van der Waals surface area contributed by atoms with Crippen molar-refractivity contribution >= 4 is 29.0 Å². The largest absolute Gasteiger partial charge is 0.494 e. The van der Waals surface area contributed by atoms with Gasteiger partial charge in [0.2, 0.25) is 5.78 Å². The van der Waals surface area contributed by atoms with Crippen molar-refractivity contribution in [2.75, 3.05) is 7.11 Å². The van der Waals surface area contributed by atoms with Gasteiger partial charge in [0.1, 0.15) is 11.9 Å². The van der Waals surface area contributed by atoms with Crippen LogP contribution in [0.3, 0.4) is 0 Å². The number of hydrogen-bond donors (Lipinski definition) is 1. The van der Waals surface area contributed by atoms with Crippen molar-refractivity contribution in [1.82, 2.24) is 0 Å². The number of rotatable bonds is 4. The molecule has 0 saturated heterocycles. The van der Waals surface area contributed by atoms with E-state index in [-0.39, 0.29) is 21.4 Å². The number of carbonyl (C=O) groups is 1. The third kappa shape index (κ3) is 2.80. The highest BCUT2D eigenvalue weighted by Crippen LogP contribution is 2.36. The molecular formula is C15H12Cl2O3. The standard InChI is InChI=1S/C15H12Cl2O3/c1-20-15-11(17)8-7-10(16)12(15)14(19)13(18)9-5-3-2-4-6-9/h2-8,13,18H,1H3. The Hall–Kier alpha value is -1.55. The van der Waals surface area contributed by atoms with Crippen LogP contribution in [0, 0.1) is 0 Å². The molecule has 2 aromatic carbocycles. The molecule has 0 spiro atoms. The van der Waals surface area contributed by atoms with Gasteiger partial charge in [-0.15, -0.1) is 0 Å². The van der Waals surface area contributed by atoms with Crippen LogP contribution in [-0.4, -0.2) is 18.0 Å². The van der Waals surface area contributed by atoms with Crippen LogP contribution < -0.4 is 4.74 Å². The van der Waals surface area contributed by atoms with Crippen molar-refractivity contribution in [2.45, 2.75) is 6.10 Å². The van der Waals surface area contributed by atoms with Crippen LogP contribution in [0.2, 0.25) is 10.0 Å². The van der Waals surface area contributed by atoms with Crippen molar-refractivity contribution in [2.24, 2.45) is 0 Å². The number of carbonyl (C=O) groups excluding carboxylic acids is 1. The fourth-order valence-corrected chi connectivity index (χ4v) is 2.36. The average Bonchev–Trinajstić information content (AvgIpc) is 2.48. The molecule has 2 rings (SSSR count). The summed E-state index contributed by atoms with van der Waals surface area (Å²) in [7, 11) is 1.39. The van der Waals surface area contributed by atoms with Gasteiger partial charge < -0.3 is 9.84 Å². The third-order valence-electron chi connectivity index (χ3n) is 2.87. The van der Waals surface area contributed by atoms with E-state index in [1.165, 1.54) is 19.2 Å². The van der Waals surface area contributed by atoms with E-state index in [1.54, 1.807) is 30.3 Å². The predicted molar refractivity (Wildman–Crippen MR) is 78.7 cm³/mol. The van der Waals surface area contributed by atoms with Crippen molar-refractivity contribution < 1.29 is 14.6 Å². The molecule has 3 nitrogen and oxygen atoms in total. The Balaban J connectivity index is 2.46. The Kier molecular flexibility index (Phi) is 4.65. The lowest BCUT2D eigenvalue weighted by Crippen LogP contribution is -2.14. The molecular weight excluding hydrogens is 299 g/mol. The maximum Gasteiger partial charge on any atom is 0.201 e. The van der Waals surface area contributed by atoms with Gasteiger partial charge in [0.15, 0.2) is 0 Å². The van der Waals surface area contributed by atoms with Crippen molar-refractivity contribution in [1.29, 1.82) is 0 Å². The zero-order valence-electron chi connectivity index (χ0n) is 10.6. The van der Waals surface area contributed by atoms with E-state index in [2.05, 4.69) is 0 Å². The Morgan fingerprint density at radius 3 is 2.30 bits per heavy atom. The first-order chi connectivity index (χ1) is 9.56. The minimum absolute atomic E-state index is 0.0815.